The molecule has 2 aromatic rings. The van der Waals surface area contributed by atoms with Crippen molar-refractivity contribution in [2.24, 2.45) is 29.6 Å². The summed E-state index contributed by atoms with van der Waals surface area (Å²) in [5, 5.41) is 4.63. The van der Waals surface area contributed by atoms with E-state index in [-0.39, 0.29) is 6.04 Å². The molecule has 0 aliphatic heterocycles. The van der Waals surface area contributed by atoms with Crippen LogP contribution in [0.2, 0.25) is 0 Å². The van der Waals surface area contributed by atoms with Crippen LogP contribution in [0.3, 0.4) is 0 Å². The van der Waals surface area contributed by atoms with Gasteiger partial charge in [-0.3, -0.25) is 0 Å². The van der Waals surface area contributed by atoms with Gasteiger partial charge in [0.1, 0.15) is 5.75 Å². The molecular weight excluding hydrogens is 586 g/mol. The van der Waals surface area contributed by atoms with E-state index in [1.54, 1.807) is 14.2 Å². The van der Waals surface area contributed by atoms with Crippen LogP contribution in [-0.4, -0.2) is 14.2 Å². The second-order valence-electron chi connectivity index (χ2n) is 8.48. The third-order valence-electron chi connectivity index (χ3n) is 7.06. The van der Waals surface area contributed by atoms with Crippen LogP contribution in [0.1, 0.15) is 53.1 Å². The van der Waals surface area contributed by atoms with Crippen LogP contribution in [0, 0.1) is 35.7 Å². The Bertz CT molecular complexity index is 693. The summed E-state index contributed by atoms with van der Waals surface area (Å²) in [4.78, 5) is 0. The first-order chi connectivity index (χ1) is 14.8. The van der Waals surface area contributed by atoms with Crippen molar-refractivity contribution in [2.75, 3.05) is 14.2 Å². The van der Waals surface area contributed by atoms with Crippen LogP contribution >= 0.6 is 9.58 Å². The summed E-state index contributed by atoms with van der Waals surface area (Å²) in [6.07, 6.45) is 0. The average molecular weight is 623 g/mol. The number of ether oxygens (including phenoxy) is 2. The predicted octanol–water partition coefficient (Wildman–Crippen LogP) is 8.14. The molecule has 1 aliphatic rings. The van der Waals surface area contributed by atoms with Crippen molar-refractivity contribution in [1.82, 2.24) is 0 Å². The zero-order chi connectivity index (χ0) is 23.6. The first-order valence-electron chi connectivity index (χ1n) is 10.8. The quantitative estimate of drug-likeness (QED) is 0.315. The first kappa shape index (κ1) is 27.8. The Morgan fingerprint density at radius 3 is 1.55 bits per heavy atom. The fourth-order valence-electron chi connectivity index (χ4n) is 4.16. The van der Waals surface area contributed by atoms with Crippen LogP contribution in [0.15, 0.2) is 42.5 Å². The number of halogens is 1. The van der Waals surface area contributed by atoms with Crippen molar-refractivity contribution < 1.29 is 27.4 Å². The van der Waals surface area contributed by atoms with Gasteiger partial charge in [-0.2, -0.15) is 17.7 Å². The Morgan fingerprint density at radius 2 is 1.19 bits per heavy atom. The summed E-state index contributed by atoms with van der Waals surface area (Å²) in [7, 11) is 7.94. The summed E-state index contributed by atoms with van der Waals surface area (Å²) in [5.74, 6) is 6.32. The van der Waals surface area contributed by atoms with Crippen molar-refractivity contribution in [2.45, 2.75) is 47.6 Å². The molecule has 0 spiro atoms. The fourth-order valence-corrected chi connectivity index (χ4v) is 4.16. The molecule has 1 unspecified atom stereocenters. The van der Waals surface area contributed by atoms with E-state index in [4.69, 9.17) is 9.47 Å². The van der Waals surface area contributed by atoms with Gasteiger partial charge in [-0.05, 0) is 41.7 Å². The van der Waals surface area contributed by atoms with Gasteiger partial charge in [-0.25, -0.2) is 0 Å². The van der Waals surface area contributed by atoms with E-state index in [1.165, 1.54) is 17.9 Å². The van der Waals surface area contributed by atoms with Crippen molar-refractivity contribution in [3.63, 3.8) is 0 Å². The van der Waals surface area contributed by atoms with Crippen molar-refractivity contribution in [1.29, 1.82) is 0 Å². The van der Waals surface area contributed by atoms with E-state index in [0.29, 0.717) is 0 Å². The number of benzene rings is 2. The normalized spacial score (nSPS) is 25.3. The molecule has 1 fully saturated rings. The molecule has 0 N–H and O–H groups in total. The first-order valence-corrected chi connectivity index (χ1v) is 13.8. The van der Waals surface area contributed by atoms with Gasteiger partial charge in [0.05, 0.1) is 14.2 Å². The molecule has 1 atom stereocenters. The van der Waals surface area contributed by atoms with Gasteiger partial charge < -0.3 is 14.8 Å². The number of hydrogen-bond donors (Lipinski definition) is 0. The second-order valence-corrected chi connectivity index (χ2v) is 8.48. The average Bonchev–Trinajstić information content (AvgIpc) is 2.99. The molecule has 0 radical (unpaired) electrons. The van der Waals surface area contributed by atoms with Gasteiger partial charge in [-0.1, -0.05) is 53.7 Å². The maximum atomic E-state index is 5.12. The molecule has 31 heavy (non-hydrogen) atoms. The van der Waals surface area contributed by atoms with E-state index in [0.717, 1.165) is 52.3 Å². The molecular formula is C26H37ClIrNO2. The Hall–Kier alpha value is -1.22. The van der Waals surface area contributed by atoms with Gasteiger partial charge in [-0.15, -0.1) is 23.9 Å². The fraction of sp³-hybridized carbons (Fsp3) is 0.538. The SMILES string of the molecule is CC1C(C)C(C)C(C)C1C.COc1c[c-]c(C(C)[N-]c2ccc(OC)cc2)cc1.[Cl][Ir+2]. The minimum atomic E-state index is 0.0549. The van der Waals surface area contributed by atoms with Crippen molar-refractivity contribution in [3.8, 4) is 11.5 Å². The molecule has 0 aromatic heterocycles. The van der Waals surface area contributed by atoms with E-state index >= 15 is 0 Å². The topological polar surface area (TPSA) is 32.6 Å². The molecule has 2 aromatic carbocycles. The van der Waals surface area contributed by atoms with Crippen molar-refractivity contribution >= 4 is 15.3 Å². The van der Waals surface area contributed by atoms with Gasteiger partial charge >= 0.3 is 27.5 Å². The number of nitrogens with zero attached hydrogens (tertiary/aromatic N) is 1. The van der Waals surface area contributed by atoms with E-state index in [2.05, 4.69) is 55.6 Å². The van der Waals surface area contributed by atoms with Crippen molar-refractivity contribution in [3.05, 3.63) is 59.4 Å². The van der Waals surface area contributed by atoms with E-state index < -0.39 is 0 Å². The predicted molar refractivity (Wildman–Crippen MR) is 128 cm³/mol. The Labute approximate surface area is 204 Å². The molecule has 5 heteroatoms. The Kier molecular flexibility index (Phi) is 12.6. The second kappa shape index (κ2) is 14.0. The van der Waals surface area contributed by atoms with E-state index in [1.807, 2.05) is 49.4 Å². The molecule has 3 nitrogen and oxygen atoms in total. The van der Waals surface area contributed by atoms with Crippen LogP contribution < -0.4 is 9.47 Å². The Balaban J connectivity index is 0.000000337. The van der Waals surface area contributed by atoms with Gasteiger partial charge in [0.2, 0.25) is 0 Å². The summed E-state index contributed by atoms with van der Waals surface area (Å²) in [6, 6.07) is 16.7. The Morgan fingerprint density at radius 1 is 0.774 bits per heavy atom. The zero-order valence-corrected chi connectivity index (χ0v) is 23.1. The van der Waals surface area contributed by atoms with Gasteiger partial charge in [0.15, 0.2) is 0 Å². The molecule has 174 valence electrons. The molecule has 0 heterocycles. The van der Waals surface area contributed by atoms with Crippen LogP contribution in [0.5, 0.6) is 11.5 Å². The maximum absolute atomic E-state index is 5.12. The molecule has 1 aliphatic carbocycles. The molecule has 3 rings (SSSR count). The third kappa shape index (κ3) is 8.00. The minimum absolute atomic E-state index is 0.0549. The van der Waals surface area contributed by atoms with Crippen LogP contribution in [0.25, 0.3) is 5.32 Å². The molecule has 1 saturated carbocycles. The molecule has 0 saturated heterocycles. The third-order valence-corrected chi connectivity index (χ3v) is 7.06. The summed E-state index contributed by atoms with van der Waals surface area (Å²) in [5.41, 5.74) is 1.97. The monoisotopic (exact) mass is 623 g/mol. The molecule has 0 bridgehead atoms. The number of methoxy groups -OCH3 is 2. The summed E-state index contributed by atoms with van der Waals surface area (Å²) < 4.78 is 10.2. The zero-order valence-electron chi connectivity index (χ0n) is 20.0. The summed E-state index contributed by atoms with van der Waals surface area (Å²) in [6.45, 7) is 14.0. The standard InChI is InChI=1S/C16H17NO2.C10H20.ClH.Ir/c1-12(13-4-8-15(18-2)9-5-13)17-14-6-10-16(19-3)11-7-14;1-6-7(2)9(4)10(5)8(6)3;;/h4,6-12H,1-3H3;6-10H,1-5H3;1H;/q-2;;;+3/p-1. The molecule has 0 amide bonds. The summed E-state index contributed by atoms with van der Waals surface area (Å²) >= 11 is 1.47. The number of hydrogen-bond acceptors (Lipinski definition) is 2. The van der Waals surface area contributed by atoms with Crippen LogP contribution in [0.4, 0.5) is 5.69 Å². The van der Waals surface area contributed by atoms with Gasteiger partial charge in [0, 0.05) is 5.75 Å². The van der Waals surface area contributed by atoms with Crippen LogP contribution in [-0.2, 0) is 17.9 Å². The van der Waals surface area contributed by atoms with Gasteiger partial charge in [0.25, 0.3) is 0 Å². The number of rotatable bonds is 5. The van der Waals surface area contributed by atoms with E-state index in [9.17, 15) is 0 Å².